The quantitative estimate of drug-likeness (QED) is 0.625. The first-order chi connectivity index (χ1) is 6.96. The molecule has 0 aliphatic carbocycles. The fourth-order valence-corrected chi connectivity index (χ4v) is 1.29. The van der Waals surface area contributed by atoms with Crippen LogP contribution in [0.5, 0.6) is 0 Å². The second-order valence-corrected chi connectivity index (χ2v) is 3.08. The lowest BCUT2D eigenvalue weighted by molar-refractivity contribution is -0.277. The maximum atomic E-state index is 11.1. The fourth-order valence-electron chi connectivity index (χ4n) is 1.29. The van der Waals surface area contributed by atoms with Gasteiger partial charge in [-0.2, -0.15) is 0 Å². The Morgan fingerprint density at radius 1 is 1.13 bits per heavy atom. The smallest absolute Gasteiger partial charge is 0.317 e. The summed E-state index contributed by atoms with van der Waals surface area (Å²) in [5, 5.41) is 9.08. The molecule has 6 nitrogen and oxygen atoms in total. The summed E-state index contributed by atoms with van der Waals surface area (Å²) in [7, 11) is 5.44. The van der Waals surface area contributed by atoms with Crippen LogP contribution in [-0.4, -0.2) is 51.6 Å². The molecule has 0 aliphatic rings. The monoisotopic (exact) mass is 222 g/mol. The molecule has 90 valence electrons. The van der Waals surface area contributed by atoms with Gasteiger partial charge in [0, 0.05) is 28.4 Å². The van der Waals surface area contributed by atoms with Crippen molar-refractivity contribution in [1.29, 1.82) is 0 Å². The van der Waals surface area contributed by atoms with E-state index >= 15 is 0 Å². The molecule has 0 saturated heterocycles. The Morgan fingerprint density at radius 3 is 1.73 bits per heavy atom. The molecule has 0 amide bonds. The van der Waals surface area contributed by atoms with Crippen LogP contribution in [0.4, 0.5) is 0 Å². The summed E-state index contributed by atoms with van der Waals surface area (Å²) in [5.74, 6) is -3.50. The second-order valence-electron chi connectivity index (χ2n) is 3.08. The van der Waals surface area contributed by atoms with E-state index < -0.39 is 24.0 Å². The summed E-state index contributed by atoms with van der Waals surface area (Å²) in [6, 6.07) is 0. The van der Waals surface area contributed by atoms with Crippen molar-refractivity contribution in [2.75, 3.05) is 28.4 Å². The summed E-state index contributed by atoms with van der Waals surface area (Å²) in [6.07, 6.45) is -0.938. The number of ether oxygens (including phenoxy) is 4. The molecule has 0 fully saturated rings. The Bertz CT molecular complexity index is 197. The molecule has 1 atom stereocenters. The Labute approximate surface area is 89.1 Å². The van der Waals surface area contributed by atoms with Gasteiger partial charge in [0.25, 0.3) is 0 Å². The van der Waals surface area contributed by atoms with Gasteiger partial charge in [-0.3, -0.25) is 4.79 Å². The van der Waals surface area contributed by atoms with Gasteiger partial charge < -0.3 is 24.1 Å². The van der Waals surface area contributed by atoms with Crippen LogP contribution in [0.15, 0.2) is 0 Å². The highest BCUT2D eigenvalue weighted by molar-refractivity contribution is 5.71. The van der Waals surface area contributed by atoms with E-state index in [2.05, 4.69) is 0 Å². The molecule has 0 spiro atoms. The van der Waals surface area contributed by atoms with Crippen LogP contribution < -0.4 is 0 Å². The fraction of sp³-hybridized carbons (Fsp3) is 0.889. The van der Waals surface area contributed by atoms with Crippen LogP contribution >= 0.6 is 0 Å². The van der Waals surface area contributed by atoms with Crippen molar-refractivity contribution in [2.24, 2.45) is 5.92 Å². The number of methoxy groups -OCH3 is 4. The standard InChI is InChI=1S/C9H18O6/c1-9(14-4,15-5)6(7(10)11)8(12-2)13-3/h6,8H,1-5H3,(H,10,11). The van der Waals surface area contributed by atoms with Crippen molar-refractivity contribution in [3.8, 4) is 0 Å². The van der Waals surface area contributed by atoms with Crippen molar-refractivity contribution in [3.05, 3.63) is 0 Å². The van der Waals surface area contributed by atoms with Gasteiger partial charge in [-0.1, -0.05) is 0 Å². The molecule has 0 rings (SSSR count). The Morgan fingerprint density at radius 2 is 1.53 bits per heavy atom. The zero-order valence-corrected chi connectivity index (χ0v) is 9.64. The van der Waals surface area contributed by atoms with Gasteiger partial charge >= 0.3 is 5.97 Å². The molecular weight excluding hydrogens is 204 g/mol. The SMILES string of the molecule is COC(OC)C(C(=O)O)C(C)(OC)OC. The minimum Gasteiger partial charge on any atom is -0.481 e. The summed E-state index contributed by atoms with van der Waals surface area (Å²) in [4.78, 5) is 11.1. The summed E-state index contributed by atoms with van der Waals surface area (Å²) >= 11 is 0. The Kier molecular flexibility index (Phi) is 5.74. The number of hydrogen-bond acceptors (Lipinski definition) is 5. The van der Waals surface area contributed by atoms with Crippen LogP contribution in [0.1, 0.15) is 6.92 Å². The zero-order valence-electron chi connectivity index (χ0n) is 9.64. The molecule has 0 saturated carbocycles. The number of carbonyl (C=O) groups is 1. The van der Waals surface area contributed by atoms with E-state index in [0.717, 1.165) is 0 Å². The van der Waals surface area contributed by atoms with E-state index in [4.69, 9.17) is 24.1 Å². The van der Waals surface area contributed by atoms with Crippen LogP contribution in [0, 0.1) is 5.92 Å². The topological polar surface area (TPSA) is 74.2 Å². The van der Waals surface area contributed by atoms with E-state index in [1.807, 2.05) is 0 Å². The van der Waals surface area contributed by atoms with Crippen molar-refractivity contribution in [1.82, 2.24) is 0 Å². The maximum Gasteiger partial charge on any atom is 0.317 e. The molecule has 0 radical (unpaired) electrons. The van der Waals surface area contributed by atoms with E-state index in [1.165, 1.54) is 35.4 Å². The Hall–Kier alpha value is -0.690. The van der Waals surface area contributed by atoms with Crippen molar-refractivity contribution >= 4 is 5.97 Å². The molecular formula is C9H18O6. The molecule has 0 aromatic carbocycles. The number of hydrogen-bond donors (Lipinski definition) is 1. The van der Waals surface area contributed by atoms with Gasteiger partial charge in [-0.15, -0.1) is 0 Å². The highest BCUT2D eigenvalue weighted by Gasteiger charge is 2.46. The predicted octanol–water partition coefficient (Wildman–Crippen LogP) is 0.315. The Balaban J connectivity index is 5.01. The predicted molar refractivity (Wildman–Crippen MR) is 51.4 cm³/mol. The summed E-state index contributed by atoms with van der Waals surface area (Å²) in [5.41, 5.74) is 0. The van der Waals surface area contributed by atoms with Crippen molar-refractivity contribution in [2.45, 2.75) is 19.0 Å². The minimum absolute atomic E-state index is 0.938. The van der Waals surface area contributed by atoms with Crippen molar-refractivity contribution in [3.63, 3.8) is 0 Å². The molecule has 0 aromatic rings. The molecule has 1 unspecified atom stereocenters. The van der Waals surface area contributed by atoms with Crippen LogP contribution in [0.3, 0.4) is 0 Å². The van der Waals surface area contributed by atoms with Crippen molar-refractivity contribution < 1.29 is 28.8 Å². The average Bonchev–Trinajstić information content (AvgIpc) is 2.24. The summed E-state index contributed by atoms with van der Waals surface area (Å²) < 4.78 is 19.9. The van der Waals surface area contributed by atoms with E-state index in [1.54, 1.807) is 0 Å². The third-order valence-electron chi connectivity index (χ3n) is 2.38. The number of carboxylic acid groups (broad SMARTS) is 1. The number of carboxylic acids is 1. The average molecular weight is 222 g/mol. The summed E-state index contributed by atoms with van der Waals surface area (Å²) in [6.45, 7) is 1.51. The first kappa shape index (κ1) is 14.3. The van der Waals surface area contributed by atoms with E-state index in [0.29, 0.717) is 0 Å². The van der Waals surface area contributed by atoms with E-state index in [9.17, 15) is 4.79 Å². The van der Waals surface area contributed by atoms with Gasteiger partial charge in [0.1, 0.15) is 0 Å². The lowest BCUT2D eigenvalue weighted by Crippen LogP contribution is -2.50. The normalized spacial score (nSPS) is 14.3. The first-order valence-corrected chi connectivity index (χ1v) is 4.35. The third-order valence-corrected chi connectivity index (χ3v) is 2.38. The molecule has 1 N–H and O–H groups in total. The highest BCUT2D eigenvalue weighted by atomic mass is 16.7. The van der Waals surface area contributed by atoms with Gasteiger partial charge in [-0.05, 0) is 6.92 Å². The molecule has 6 heteroatoms. The first-order valence-electron chi connectivity index (χ1n) is 4.35. The van der Waals surface area contributed by atoms with Gasteiger partial charge in [0.15, 0.2) is 18.0 Å². The maximum absolute atomic E-state index is 11.1. The highest BCUT2D eigenvalue weighted by Crippen LogP contribution is 2.27. The lowest BCUT2D eigenvalue weighted by atomic mass is 9.99. The molecule has 0 heterocycles. The second kappa shape index (κ2) is 6.02. The van der Waals surface area contributed by atoms with Gasteiger partial charge in [0.2, 0.25) is 0 Å². The number of aliphatic carboxylic acids is 1. The molecule has 0 bridgehead atoms. The molecule has 0 aromatic heterocycles. The molecule has 0 aliphatic heterocycles. The van der Waals surface area contributed by atoms with Gasteiger partial charge in [0.05, 0.1) is 0 Å². The zero-order chi connectivity index (χ0) is 12.1. The number of rotatable bonds is 7. The lowest BCUT2D eigenvalue weighted by Gasteiger charge is -2.35. The largest absolute Gasteiger partial charge is 0.481 e. The van der Waals surface area contributed by atoms with Crippen LogP contribution in [0.2, 0.25) is 0 Å². The van der Waals surface area contributed by atoms with Crippen LogP contribution in [0.25, 0.3) is 0 Å². The third kappa shape index (κ3) is 3.13. The molecule has 15 heavy (non-hydrogen) atoms. The van der Waals surface area contributed by atoms with Crippen LogP contribution in [-0.2, 0) is 23.7 Å². The minimum atomic E-state index is -1.30. The van der Waals surface area contributed by atoms with Gasteiger partial charge in [-0.25, -0.2) is 0 Å². The van der Waals surface area contributed by atoms with E-state index in [-0.39, 0.29) is 0 Å².